The molecule has 3 rings (SSSR count). The third kappa shape index (κ3) is 3.49. The molecule has 0 spiro atoms. The van der Waals surface area contributed by atoms with Gasteiger partial charge in [-0.05, 0) is 19.1 Å². The second-order valence-corrected chi connectivity index (χ2v) is 6.10. The van der Waals surface area contributed by atoms with Crippen LogP contribution < -0.4 is 10.1 Å². The molecular weight excluding hydrogens is 288 g/mol. The van der Waals surface area contributed by atoms with E-state index in [0.717, 1.165) is 17.0 Å². The molecule has 3 heterocycles. The van der Waals surface area contributed by atoms with Crippen molar-refractivity contribution in [2.24, 2.45) is 0 Å². The van der Waals surface area contributed by atoms with Crippen molar-refractivity contribution in [1.29, 1.82) is 0 Å². The summed E-state index contributed by atoms with van der Waals surface area (Å²) in [7, 11) is 0. The lowest BCUT2D eigenvalue weighted by molar-refractivity contribution is 0.194. The largest absolute Gasteiger partial charge is 0.487 e. The molecule has 0 saturated carbocycles. The zero-order valence-electron chi connectivity index (χ0n) is 11.7. The first-order valence-corrected chi connectivity index (χ1v) is 7.57. The van der Waals surface area contributed by atoms with E-state index in [2.05, 4.69) is 15.3 Å². The first-order valence-electron chi connectivity index (χ1n) is 6.76. The molecule has 110 valence electrons. The van der Waals surface area contributed by atoms with Crippen LogP contribution in [0.4, 0.5) is 9.93 Å². The molecule has 1 atom stereocenters. The van der Waals surface area contributed by atoms with E-state index in [0.29, 0.717) is 18.2 Å². The summed E-state index contributed by atoms with van der Waals surface area (Å²) in [6.07, 6.45) is 5.97. The van der Waals surface area contributed by atoms with Crippen LogP contribution in [-0.2, 0) is 0 Å². The molecule has 1 saturated heterocycles. The fourth-order valence-electron chi connectivity index (χ4n) is 2.20. The number of hydrogen-bond donors (Lipinski definition) is 1. The molecule has 0 radical (unpaired) electrons. The summed E-state index contributed by atoms with van der Waals surface area (Å²) in [6, 6.07) is 3.58. The highest BCUT2D eigenvalue weighted by atomic mass is 32.1. The number of carbonyl (C=O) groups is 1. The summed E-state index contributed by atoms with van der Waals surface area (Å²) in [6.45, 7) is 3.22. The van der Waals surface area contributed by atoms with Crippen molar-refractivity contribution in [1.82, 2.24) is 14.9 Å². The molecule has 1 aliphatic heterocycles. The van der Waals surface area contributed by atoms with Gasteiger partial charge in [0.25, 0.3) is 0 Å². The monoisotopic (exact) mass is 304 g/mol. The molecule has 6 nitrogen and oxygen atoms in total. The van der Waals surface area contributed by atoms with Gasteiger partial charge in [-0.3, -0.25) is 10.3 Å². The topological polar surface area (TPSA) is 67.4 Å². The number of aryl methyl sites for hydroxylation is 1. The number of anilines is 1. The van der Waals surface area contributed by atoms with Gasteiger partial charge in [0.2, 0.25) is 0 Å². The predicted molar refractivity (Wildman–Crippen MR) is 80.7 cm³/mol. The average molecular weight is 304 g/mol. The number of thiazole rings is 1. The van der Waals surface area contributed by atoms with Crippen LogP contribution >= 0.6 is 11.3 Å². The van der Waals surface area contributed by atoms with E-state index in [1.165, 1.54) is 11.3 Å². The zero-order valence-corrected chi connectivity index (χ0v) is 12.5. The van der Waals surface area contributed by atoms with Crippen molar-refractivity contribution >= 4 is 22.5 Å². The highest BCUT2D eigenvalue weighted by Crippen LogP contribution is 2.20. The molecule has 1 unspecified atom stereocenters. The molecule has 2 aromatic rings. The minimum atomic E-state index is -0.123. The van der Waals surface area contributed by atoms with Crippen LogP contribution in [0.5, 0.6) is 5.75 Å². The number of aromatic nitrogens is 2. The van der Waals surface area contributed by atoms with E-state index in [-0.39, 0.29) is 12.1 Å². The third-order valence-corrected chi connectivity index (χ3v) is 4.03. The van der Waals surface area contributed by atoms with Crippen molar-refractivity contribution in [3.63, 3.8) is 0 Å². The molecule has 2 amide bonds. The Hall–Kier alpha value is -2.15. The molecule has 1 aliphatic rings. The van der Waals surface area contributed by atoms with Gasteiger partial charge in [-0.25, -0.2) is 9.78 Å². The Bertz CT molecular complexity index is 616. The molecule has 1 N–H and O–H groups in total. The van der Waals surface area contributed by atoms with E-state index in [9.17, 15) is 4.79 Å². The van der Waals surface area contributed by atoms with Gasteiger partial charge < -0.3 is 9.64 Å². The lowest BCUT2D eigenvalue weighted by Gasteiger charge is -2.17. The highest BCUT2D eigenvalue weighted by molar-refractivity contribution is 7.15. The van der Waals surface area contributed by atoms with Gasteiger partial charge in [-0.15, -0.1) is 11.3 Å². The lowest BCUT2D eigenvalue weighted by Crippen LogP contribution is -2.34. The predicted octanol–water partition coefficient (Wildman–Crippen LogP) is 2.53. The number of pyridine rings is 1. The first-order chi connectivity index (χ1) is 10.2. The number of nitrogens with zero attached hydrogens (tertiary/aromatic N) is 3. The zero-order chi connectivity index (χ0) is 14.7. The Morgan fingerprint density at radius 1 is 1.52 bits per heavy atom. The van der Waals surface area contributed by atoms with Crippen molar-refractivity contribution in [2.75, 3.05) is 18.4 Å². The van der Waals surface area contributed by atoms with E-state index in [1.54, 1.807) is 23.5 Å². The fourth-order valence-corrected chi connectivity index (χ4v) is 2.86. The summed E-state index contributed by atoms with van der Waals surface area (Å²) in [4.78, 5) is 23.1. The van der Waals surface area contributed by atoms with Crippen molar-refractivity contribution < 1.29 is 9.53 Å². The van der Waals surface area contributed by atoms with Crippen molar-refractivity contribution in [3.8, 4) is 5.75 Å². The van der Waals surface area contributed by atoms with Gasteiger partial charge in [0.05, 0.1) is 12.7 Å². The summed E-state index contributed by atoms with van der Waals surface area (Å²) in [5.41, 5.74) is 0. The fraction of sp³-hybridized carbons (Fsp3) is 0.357. The Morgan fingerprint density at radius 3 is 3.14 bits per heavy atom. The minimum Gasteiger partial charge on any atom is -0.487 e. The highest BCUT2D eigenvalue weighted by Gasteiger charge is 2.28. The summed E-state index contributed by atoms with van der Waals surface area (Å²) in [5.74, 6) is 0.736. The van der Waals surface area contributed by atoms with E-state index < -0.39 is 0 Å². The maximum absolute atomic E-state index is 12.1. The molecule has 0 aliphatic carbocycles. The number of likely N-dealkylation sites (tertiary alicyclic amines) is 1. The van der Waals surface area contributed by atoms with Crippen LogP contribution in [-0.4, -0.2) is 40.1 Å². The number of ether oxygens (including phenoxy) is 1. The SMILES string of the molecule is Cc1cnc(NC(=O)N2CCC(Oc3cccnc3)C2)s1. The molecule has 7 heteroatoms. The Balaban J connectivity index is 1.53. The van der Waals surface area contributed by atoms with Crippen molar-refractivity contribution in [3.05, 3.63) is 35.6 Å². The standard InChI is InChI=1S/C14H16N4O2S/c1-10-7-16-13(21-10)17-14(19)18-6-4-12(9-18)20-11-3-2-5-15-8-11/h2-3,5,7-8,12H,4,6,9H2,1H3,(H,16,17,19). The lowest BCUT2D eigenvalue weighted by atomic mass is 10.3. The first kappa shape index (κ1) is 13.8. The quantitative estimate of drug-likeness (QED) is 0.946. The van der Waals surface area contributed by atoms with Gasteiger partial charge in [-0.2, -0.15) is 0 Å². The Kier molecular flexibility index (Phi) is 4.01. The Labute approximate surface area is 126 Å². The minimum absolute atomic E-state index is 0.0120. The van der Waals surface area contributed by atoms with Gasteiger partial charge in [0, 0.05) is 30.2 Å². The van der Waals surface area contributed by atoms with Gasteiger partial charge in [-0.1, -0.05) is 0 Å². The van der Waals surface area contributed by atoms with E-state index in [1.807, 2.05) is 19.1 Å². The number of rotatable bonds is 3. The summed E-state index contributed by atoms with van der Waals surface area (Å²) in [5, 5.41) is 3.45. The van der Waals surface area contributed by atoms with Gasteiger partial charge in [0.15, 0.2) is 5.13 Å². The van der Waals surface area contributed by atoms with Crippen LogP contribution in [0.1, 0.15) is 11.3 Å². The molecule has 0 bridgehead atoms. The number of carbonyl (C=O) groups excluding carboxylic acids is 1. The molecule has 0 aromatic carbocycles. The van der Waals surface area contributed by atoms with Gasteiger partial charge >= 0.3 is 6.03 Å². The summed E-state index contributed by atoms with van der Waals surface area (Å²) >= 11 is 1.47. The van der Waals surface area contributed by atoms with Crippen molar-refractivity contribution in [2.45, 2.75) is 19.4 Å². The van der Waals surface area contributed by atoms with Crippen LogP contribution in [0.3, 0.4) is 0 Å². The Morgan fingerprint density at radius 2 is 2.43 bits per heavy atom. The van der Waals surface area contributed by atoms with Crippen LogP contribution in [0.25, 0.3) is 0 Å². The summed E-state index contributed by atoms with van der Waals surface area (Å²) < 4.78 is 5.81. The molecule has 21 heavy (non-hydrogen) atoms. The van der Waals surface area contributed by atoms with Crippen LogP contribution in [0, 0.1) is 6.92 Å². The van der Waals surface area contributed by atoms with Crippen LogP contribution in [0.15, 0.2) is 30.7 Å². The average Bonchev–Trinajstić information content (AvgIpc) is 3.09. The number of urea groups is 1. The van der Waals surface area contributed by atoms with E-state index in [4.69, 9.17) is 4.74 Å². The maximum Gasteiger partial charge on any atom is 0.323 e. The number of amides is 2. The molecule has 1 fully saturated rings. The second kappa shape index (κ2) is 6.09. The number of hydrogen-bond acceptors (Lipinski definition) is 5. The third-order valence-electron chi connectivity index (χ3n) is 3.20. The number of nitrogens with one attached hydrogen (secondary N) is 1. The maximum atomic E-state index is 12.1. The molecule has 2 aromatic heterocycles. The smallest absolute Gasteiger partial charge is 0.323 e. The van der Waals surface area contributed by atoms with E-state index >= 15 is 0 Å². The normalized spacial score (nSPS) is 17.8. The van der Waals surface area contributed by atoms with Gasteiger partial charge in [0.1, 0.15) is 11.9 Å². The molecular formula is C14H16N4O2S. The van der Waals surface area contributed by atoms with Crippen LogP contribution in [0.2, 0.25) is 0 Å². The second-order valence-electron chi connectivity index (χ2n) is 4.87.